The summed E-state index contributed by atoms with van der Waals surface area (Å²) in [5, 5.41) is 22.4. The summed E-state index contributed by atoms with van der Waals surface area (Å²) in [5.74, 6) is -0.161. The highest BCUT2D eigenvalue weighted by molar-refractivity contribution is 5.75. The molecule has 0 bridgehead atoms. The molecular weight excluding hydrogens is 222 g/mol. The highest BCUT2D eigenvalue weighted by Gasteiger charge is 2.25. The van der Waals surface area contributed by atoms with E-state index in [0.717, 1.165) is 0 Å². The number of carbonyl (C=O) groups is 1. The molecule has 7 nitrogen and oxygen atoms in total. The normalized spacial score (nSPS) is 13.4. The van der Waals surface area contributed by atoms with E-state index in [4.69, 9.17) is 5.11 Å². The molecule has 0 radical (unpaired) electrons. The molecule has 0 saturated carbocycles. The van der Waals surface area contributed by atoms with Gasteiger partial charge in [-0.3, -0.25) is 4.79 Å². The molecule has 0 spiro atoms. The first-order chi connectivity index (χ1) is 7.93. The lowest BCUT2D eigenvalue weighted by Crippen LogP contribution is -2.45. The SMILES string of the molecule is CC(C)(C)C(CCO)NC(=O)Cn1cnnn1. The van der Waals surface area contributed by atoms with Crippen LogP contribution in [0.1, 0.15) is 27.2 Å². The zero-order valence-electron chi connectivity index (χ0n) is 10.4. The number of amides is 1. The maximum absolute atomic E-state index is 11.7. The van der Waals surface area contributed by atoms with E-state index in [1.54, 1.807) is 0 Å². The molecule has 0 aliphatic heterocycles. The Morgan fingerprint density at radius 2 is 2.24 bits per heavy atom. The lowest BCUT2D eigenvalue weighted by Gasteiger charge is -2.31. The second kappa shape index (κ2) is 5.72. The fraction of sp³-hybridized carbons (Fsp3) is 0.800. The summed E-state index contributed by atoms with van der Waals surface area (Å²) in [7, 11) is 0. The van der Waals surface area contributed by atoms with Gasteiger partial charge in [-0.15, -0.1) is 5.10 Å². The largest absolute Gasteiger partial charge is 0.396 e. The van der Waals surface area contributed by atoms with Gasteiger partial charge in [-0.2, -0.15) is 0 Å². The van der Waals surface area contributed by atoms with Crippen molar-refractivity contribution in [3.05, 3.63) is 6.33 Å². The van der Waals surface area contributed by atoms with Gasteiger partial charge in [0.15, 0.2) is 0 Å². The molecule has 1 aromatic rings. The third kappa shape index (κ3) is 4.48. The number of nitrogens with zero attached hydrogens (tertiary/aromatic N) is 4. The monoisotopic (exact) mass is 241 g/mol. The number of hydrogen-bond acceptors (Lipinski definition) is 5. The molecule has 1 atom stereocenters. The van der Waals surface area contributed by atoms with Crippen molar-refractivity contribution in [2.75, 3.05) is 6.61 Å². The predicted molar refractivity (Wildman–Crippen MR) is 60.9 cm³/mol. The number of aliphatic hydroxyl groups excluding tert-OH is 1. The van der Waals surface area contributed by atoms with Crippen LogP contribution in [0.4, 0.5) is 0 Å². The van der Waals surface area contributed by atoms with E-state index in [2.05, 4.69) is 20.8 Å². The van der Waals surface area contributed by atoms with Crippen LogP contribution >= 0.6 is 0 Å². The second-order valence-electron chi connectivity index (χ2n) is 5.01. The van der Waals surface area contributed by atoms with Gasteiger partial charge in [-0.05, 0) is 22.3 Å². The van der Waals surface area contributed by atoms with Crippen LogP contribution in [0.2, 0.25) is 0 Å². The van der Waals surface area contributed by atoms with Gasteiger partial charge in [-0.25, -0.2) is 4.68 Å². The molecule has 1 amide bonds. The van der Waals surface area contributed by atoms with Crippen molar-refractivity contribution in [2.24, 2.45) is 5.41 Å². The van der Waals surface area contributed by atoms with E-state index in [1.165, 1.54) is 11.0 Å². The molecule has 1 heterocycles. The molecule has 0 saturated heterocycles. The molecule has 1 rings (SSSR count). The van der Waals surface area contributed by atoms with E-state index in [1.807, 2.05) is 20.8 Å². The highest BCUT2D eigenvalue weighted by Crippen LogP contribution is 2.21. The van der Waals surface area contributed by atoms with Crippen molar-refractivity contribution >= 4 is 5.91 Å². The third-order valence-corrected chi connectivity index (χ3v) is 2.50. The maximum atomic E-state index is 11.7. The van der Waals surface area contributed by atoms with Crippen molar-refractivity contribution in [3.8, 4) is 0 Å². The van der Waals surface area contributed by atoms with Gasteiger partial charge in [0.1, 0.15) is 12.9 Å². The molecule has 1 aromatic heterocycles. The van der Waals surface area contributed by atoms with Crippen molar-refractivity contribution in [3.63, 3.8) is 0 Å². The first-order valence-corrected chi connectivity index (χ1v) is 5.54. The Bertz CT molecular complexity index is 344. The van der Waals surface area contributed by atoms with Crippen LogP contribution in [0, 0.1) is 5.41 Å². The fourth-order valence-corrected chi connectivity index (χ4v) is 1.49. The van der Waals surface area contributed by atoms with Crippen LogP contribution in [-0.2, 0) is 11.3 Å². The van der Waals surface area contributed by atoms with Crippen molar-refractivity contribution in [2.45, 2.75) is 39.8 Å². The van der Waals surface area contributed by atoms with Gasteiger partial charge in [-0.1, -0.05) is 20.8 Å². The minimum absolute atomic E-state index is 0.0487. The molecule has 17 heavy (non-hydrogen) atoms. The van der Waals surface area contributed by atoms with E-state index in [-0.39, 0.29) is 30.5 Å². The van der Waals surface area contributed by atoms with Crippen LogP contribution in [0.15, 0.2) is 6.33 Å². The van der Waals surface area contributed by atoms with Gasteiger partial charge in [0.25, 0.3) is 0 Å². The van der Waals surface area contributed by atoms with Crippen molar-refractivity contribution in [1.82, 2.24) is 25.5 Å². The molecule has 1 unspecified atom stereocenters. The summed E-state index contributed by atoms with van der Waals surface area (Å²) < 4.78 is 1.36. The molecule has 0 aromatic carbocycles. The highest BCUT2D eigenvalue weighted by atomic mass is 16.3. The summed E-state index contributed by atoms with van der Waals surface area (Å²) in [5.41, 5.74) is -0.0982. The van der Waals surface area contributed by atoms with Gasteiger partial charge < -0.3 is 10.4 Å². The standard InChI is InChI=1S/C10H19N5O2/c1-10(2,3)8(4-5-16)12-9(17)6-15-7-11-13-14-15/h7-8,16H,4-6H2,1-3H3,(H,12,17). The Hall–Kier alpha value is -1.50. The lowest BCUT2D eigenvalue weighted by atomic mass is 9.85. The van der Waals surface area contributed by atoms with E-state index >= 15 is 0 Å². The van der Waals surface area contributed by atoms with E-state index < -0.39 is 0 Å². The zero-order chi connectivity index (χ0) is 12.9. The van der Waals surface area contributed by atoms with Crippen molar-refractivity contribution in [1.29, 1.82) is 0 Å². The summed E-state index contributed by atoms with van der Waals surface area (Å²) in [4.78, 5) is 11.7. The smallest absolute Gasteiger partial charge is 0.242 e. The number of aromatic nitrogens is 4. The number of tetrazole rings is 1. The summed E-state index contributed by atoms with van der Waals surface area (Å²) in [6, 6.07) is -0.0727. The zero-order valence-corrected chi connectivity index (χ0v) is 10.4. The number of rotatable bonds is 5. The lowest BCUT2D eigenvalue weighted by molar-refractivity contribution is -0.123. The van der Waals surface area contributed by atoms with Crippen molar-refractivity contribution < 1.29 is 9.90 Å². The van der Waals surface area contributed by atoms with Gasteiger partial charge in [0.2, 0.25) is 5.91 Å². The molecule has 0 aliphatic rings. The molecule has 0 fully saturated rings. The maximum Gasteiger partial charge on any atom is 0.242 e. The summed E-state index contributed by atoms with van der Waals surface area (Å²) in [6.07, 6.45) is 1.92. The minimum Gasteiger partial charge on any atom is -0.396 e. The second-order valence-corrected chi connectivity index (χ2v) is 5.01. The van der Waals surface area contributed by atoms with Crippen LogP contribution in [-0.4, -0.2) is 43.9 Å². The Labute approximate surface area is 100 Å². The summed E-state index contributed by atoms with van der Waals surface area (Å²) in [6.45, 7) is 6.19. The van der Waals surface area contributed by atoms with E-state index in [9.17, 15) is 4.79 Å². The Morgan fingerprint density at radius 1 is 1.53 bits per heavy atom. The molecule has 0 aliphatic carbocycles. The predicted octanol–water partition coefficient (Wildman–Crippen LogP) is -0.414. The Balaban J connectivity index is 2.52. The van der Waals surface area contributed by atoms with Crippen LogP contribution in [0.5, 0.6) is 0 Å². The number of nitrogens with one attached hydrogen (secondary N) is 1. The van der Waals surface area contributed by atoms with Gasteiger partial charge in [0.05, 0.1) is 0 Å². The molecule has 96 valence electrons. The first kappa shape index (κ1) is 13.6. The van der Waals surface area contributed by atoms with Crippen LogP contribution < -0.4 is 5.32 Å². The summed E-state index contributed by atoms with van der Waals surface area (Å²) >= 11 is 0. The number of hydrogen-bond donors (Lipinski definition) is 2. The van der Waals surface area contributed by atoms with Crippen LogP contribution in [0.25, 0.3) is 0 Å². The van der Waals surface area contributed by atoms with Gasteiger partial charge >= 0.3 is 0 Å². The fourth-order valence-electron chi connectivity index (χ4n) is 1.49. The Kier molecular flexibility index (Phi) is 4.56. The van der Waals surface area contributed by atoms with Gasteiger partial charge in [0, 0.05) is 12.6 Å². The third-order valence-electron chi connectivity index (χ3n) is 2.50. The molecule has 2 N–H and O–H groups in total. The number of carbonyl (C=O) groups excluding carboxylic acids is 1. The average Bonchev–Trinajstić information content (AvgIpc) is 2.68. The quantitative estimate of drug-likeness (QED) is 0.730. The minimum atomic E-state index is -0.161. The molecule has 7 heteroatoms. The number of aliphatic hydroxyl groups is 1. The van der Waals surface area contributed by atoms with E-state index in [0.29, 0.717) is 6.42 Å². The Morgan fingerprint density at radius 3 is 2.71 bits per heavy atom. The molecular formula is C10H19N5O2. The first-order valence-electron chi connectivity index (χ1n) is 5.54. The van der Waals surface area contributed by atoms with Crippen LogP contribution in [0.3, 0.4) is 0 Å². The average molecular weight is 241 g/mol. The topological polar surface area (TPSA) is 92.9 Å².